The van der Waals surface area contributed by atoms with Gasteiger partial charge in [-0.15, -0.1) is 0 Å². The van der Waals surface area contributed by atoms with Crippen LogP contribution in [0.2, 0.25) is 0 Å². The third kappa shape index (κ3) is 7.45. The van der Waals surface area contributed by atoms with Crippen LogP contribution in [0.25, 0.3) is 11.0 Å². The molecule has 2 N–H and O–H groups in total. The second kappa shape index (κ2) is 14.3. The number of nitrogens with zero attached hydrogens (tertiary/aromatic N) is 3. The largest absolute Gasteiger partial charge is 0.478 e. The van der Waals surface area contributed by atoms with E-state index in [1.54, 1.807) is 36.2 Å². The van der Waals surface area contributed by atoms with Crippen molar-refractivity contribution in [1.29, 1.82) is 0 Å². The molecule has 1 unspecified atom stereocenters. The molecule has 2 amide bonds. The fraction of sp³-hybridized carbons (Fsp3) is 0.364. The van der Waals surface area contributed by atoms with Gasteiger partial charge < -0.3 is 19.7 Å². The number of benzene rings is 3. The van der Waals surface area contributed by atoms with Gasteiger partial charge in [0.05, 0.1) is 11.0 Å². The molecule has 0 aliphatic carbocycles. The highest BCUT2D eigenvalue weighted by molar-refractivity contribution is 5.94. The quantitative estimate of drug-likeness (QED) is 0.164. The molecule has 1 heterocycles. The number of carbonyl (C=O) groups is 2. The second-order valence-electron chi connectivity index (χ2n) is 10.2. The summed E-state index contributed by atoms with van der Waals surface area (Å²) in [4.78, 5) is 31.4. The summed E-state index contributed by atoms with van der Waals surface area (Å²) in [5.41, 5.74) is 4.36. The highest BCUT2D eigenvalue weighted by atomic mass is 16.5. The van der Waals surface area contributed by atoms with E-state index in [9.17, 15) is 14.7 Å². The van der Waals surface area contributed by atoms with Crippen LogP contribution >= 0.6 is 0 Å². The average Bonchev–Trinajstić information content (AvgIpc) is 3.33. The maximum Gasteiger partial charge on any atom is 0.349 e. The summed E-state index contributed by atoms with van der Waals surface area (Å²) in [5.74, 6) is 0.455. The highest BCUT2D eigenvalue weighted by Gasteiger charge is 2.22. The zero-order valence-corrected chi connectivity index (χ0v) is 24.2. The van der Waals surface area contributed by atoms with Crippen molar-refractivity contribution >= 4 is 28.7 Å². The maximum absolute atomic E-state index is 12.7. The first-order valence-corrected chi connectivity index (χ1v) is 14.5. The molecule has 4 rings (SSSR count). The number of ether oxygens (including phenoxy) is 1. The number of rotatable bonds is 14. The number of amides is 2. The number of hydrogen-bond acceptors (Lipinski definition) is 4. The molecule has 1 atom stereocenters. The van der Waals surface area contributed by atoms with Crippen molar-refractivity contribution in [3.63, 3.8) is 0 Å². The number of aliphatic carboxylic acids is 1. The molecule has 8 nitrogen and oxygen atoms in total. The van der Waals surface area contributed by atoms with Gasteiger partial charge in [0.15, 0.2) is 0 Å². The normalized spacial score (nSPS) is 11.8. The number of aromatic nitrogens is 2. The van der Waals surface area contributed by atoms with Gasteiger partial charge in [0, 0.05) is 37.8 Å². The Morgan fingerprint density at radius 3 is 2.37 bits per heavy atom. The minimum atomic E-state index is -1.08. The number of carboxylic acids is 1. The number of carboxylic acid groups (broad SMARTS) is 1. The summed E-state index contributed by atoms with van der Waals surface area (Å²) in [6, 6.07) is 22.4. The predicted octanol–water partition coefficient (Wildman–Crippen LogP) is 6.97. The van der Waals surface area contributed by atoms with Gasteiger partial charge >= 0.3 is 12.0 Å². The Labute approximate surface area is 242 Å². The number of urea groups is 1. The van der Waals surface area contributed by atoms with E-state index in [0.717, 1.165) is 66.6 Å². The lowest BCUT2D eigenvalue weighted by atomic mass is 10.1. The molecule has 0 spiro atoms. The number of hydrogen-bond donors (Lipinski definition) is 2. The van der Waals surface area contributed by atoms with E-state index < -0.39 is 12.1 Å². The standard InChI is InChI=1S/C33H40N4O4/c1-4-6-11-21-36(33(40)34-3)26-17-20-28-29(22-26)37(30(35-28)14-7-5-2)23-24-15-18-27(19-16-24)41-31(32(38)39)25-12-9-8-10-13-25/h8-10,12-13,15-20,22,31H,4-7,11,14,21,23H2,1-3H3,(H,34,40)(H,38,39). The van der Waals surface area contributed by atoms with Crippen LogP contribution in [-0.4, -0.2) is 40.3 Å². The van der Waals surface area contributed by atoms with Crippen LogP contribution in [0.15, 0.2) is 72.8 Å². The van der Waals surface area contributed by atoms with Crippen LogP contribution in [0.1, 0.15) is 69.0 Å². The first-order valence-electron chi connectivity index (χ1n) is 14.5. The topological polar surface area (TPSA) is 96.7 Å². The van der Waals surface area contributed by atoms with Crippen molar-refractivity contribution in [2.24, 2.45) is 0 Å². The summed E-state index contributed by atoms with van der Waals surface area (Å²) in [6.45, 7) is 5.56. The smallest absolute Gasteiger partial charge is 0.349 e. The number of nitrogens with one attached hydrogen (secondary N) is 1. The van der Waals surface area contributed by atoms with Crippen molar-refractivity contribution < 1.29 is 19.4 Å². The molecule has 1 aromatic heterocycles. The lowest BCUT2D eigenvalue weighted by Crippen LogP contribution is -2.38. The van der Waals surface area contributed by atoms with E-state index in [-0.39, 0.29) is 6.03 Å². The molecule has 4 aromatic rings. The van der Waals surface area contributed by atoms with E-state index in [2.05, 4.69) is 29.8 Å². The van der Waals surface area contributed by atoms with Gasteiger partial charge in [-0.05, 0) is 48.7 Å². The monoisotopic (exact) mass is 556 g/mol. The van der Waals surface area contributed by atoms with Gasteiger partial charge in [0.25, 0.3) is 0 Å². The lowest BCUT2D eigenvalue weighted by molar-refractivity contribution is -0.145. The maximum atomic E-state index is 12.7. The van der Waals surface area contributed by atoms with Gasteiger partial charge in [0.2, 0.25) is 6.10 Å². The van der Waals surface area contributed by atoms with Crippen molar-refractivity contribution in [2.45, 2.75) is 65.0 Å². The van der Waals surface area contributed by atoms with Crippen LogP contribution < -0.4 is 15.0 Å². The molecule has 216 valence electrons. The van der Waals surface area contributed by atoms with Crippen LogP contribution in [0.4, 0.5) is 10.5 Å². The van der Waals surface area contributed by atoms with Crippen LogP contribution in [0.3, 0.4) is 0 Å². The Hall–Kier alpha value is -4.33. The fourth-order valence-electron chi connectivity index (χ4n) is 4.91. The predicted molar refractivity (Wildman–Crippen MR) is 163 cm³/mol. The average molecular weight is 557 g/mol. The molecule has 3 aromatic carbocycles. The molecular weight excluding hydrogens is 516 g/mol. The van der Waals surface area contributed by atoms with Gasteiger partial charge in [-0.1, -0.05) is 75.6 Å². The summed E-state index contributed by atoms with van der Waals surface area (Å²) in [5, 5.41) is 12.5. The zero-order chi connectivity index (χ0) is 29.2. The van der Waals surface area contributed by atoms with Gasteiger partial charge in [-0.2, -0.15) is 0 Å². The Balaban J connectivity index is 1.62. The fourth-order valence-corrected chi connectivity index (χ4v) is 4.91. The van der Waals surface area contributed by atoms with Gasteiger partial charge in [-0.25, -0.2) is 14.6 Å². The Morgan fingerprint density at radius 2 is 1.71 bits per heavy atom. The molecule has 0 aliphatic heterocycles. The van der Waals surface area contributed by atoms with Crippen molar-refractivity contribution in [3.8, 4) is 5.75 Å². The number of imidazole rings is 1. The zero-order valence-electron chi connectivity index (χ0n) is 24.2. The van der Waals surface area contributed by atoms with E-state index in [1.165, 1.54) is 0 Å². The molecule has 0 fully saturated rings. The van der Waals surface area contributed by atoms with Crippen LogP contribution in [0, 0.1) is 0 Å². The van der Waals surface area contributed by atoms with Crippen molar-refractivity contribution in [2.75, 3.05) is 18.5 Å². The summed E-state index contributed by atoms with van der Waals surface area (Å²) < 4.78 is 8.08. The number of aryl methyl sites for hydroxylation is 1. The van der Waals surface area contributed by atoms with Crippen molar-refractivity contribution in [1.82, 2.24) is 14.9 Å². The minimum absolute atomic E-state index is 0.122. The minimum Gasteiger partial charge on any atom is -0.478 e. The van der Waals surface area contributed by atoms with E-state index in [1.807, 2.05) is 42.5 Å². The third-order valence-corrected chi connectivity index (χ3v) is 7.17. The number of unbranched alkanes of at least 4 members (excludes halogenated alkanes) is 3. The molecule has 0 aliphatic rings. The molecule has 0 radical (unpaired) electrons. The Morgan fingerprint density at radius 1 is 0.976 bits per heavy atom. The molecule has 0 bridgehead atoms. The molecule has 0 saturated heterocycles. The third-order valence-electron chi connectivity index (χ3n) is 7.17. The second-order valence-corrected chi connectivity index (χ2v) is 10.2. The lowest BCUT2D eigenvalue weighted by Gasteiger charge is -2.22. The van der Waals surface area contributed by atoms with Crippen molar-refractivity contribution in [3.05, 3.63) is 89.7 Å². The Kier molecular flexibility index (Phi) is 10.4. The van der Waals surface area contributed by atoms with Crippen LogP contribution in [0.5, 0.6) is 5.75 Å². The van der Waals surface area contributed by atoms with Crippen LogP contribution in [-0.2, 0) is 17.8 Å². The molecular formula is C33H40N4O4. The van der Waals surface area contributed by atoms with E-state index in [4.69, 9.17) is 9.72 Å². The summed E-state index contributed by atoms with van der Waals surface area (Å²) in [7, 11) is 1.66. The number of fused-ring (bicyclic) bond motifs is 1. The number of anilines is 1. The van der Waals surface area contributed by atoms with Gasteiger partial charge in [0.1, 0.15) is 11.6 Å². The Bertz CT molecular complexity index is 1430. The van der Waals surface area contributed by atoms with Gasteiger partial charge in [-0.3, -0.25) is 4.90 Å². The first-order chi connectivity index (χ1) is 19.9. The summed E-state index contributed by atoms with van der Waals surface area (Å²) in [6.07, 6.45) is 4.95. The SMILES string of the molecule is CCCCCN(C(=O)NC)c1ccc2nc(CCCC)n(Cc3ccc(OC(C(=O)O)c4ccccc4)cc3)c2c1. The summed E-state index contributed by atoms with van der Waals surface area (Å²) >= 11 is 0. The molecule has 8 heteroatoms. The molecule has 41 heavy (non-hydrogen) atoms. The molecule has 0 saturated carbocycles. The number of carbonyl (C=O) groups excluding carboxylic acids is 1. The highest BCUT2D eigenvalue weighted by Crippen LogP contribution is 2.27. The first kappa shape index (κ1) is 29.6. The van der Waals surface area contributed by atoms with E-state index in [0.29, 0.717) is 24.4 Å². The van der Waals surface area contributed by atoms with E-state index >= 15 is 0 Å².